The van der Waals surface area contributed by atoms with Gasteiger partial charge >= 0.3 is 5.97 Å². The largest absolute Gasteiger partial charge is 0.478 e. The molecular weight excluding hydrogens is 276 g/mol. The standard InChI is InChI=1S/C19H14O3/c1-12-6-2-4-8-14(12)18(20)17-15-9-5-3-7-13(15)10-11-16(17)19(21)22/h2-11H,1H3,(H,21,22). The van der Waals surface area contributed by atoms with Crippen LogP contribution in [0.1, 0.15) is 31.8 Å². The molecule has 0 saturated carbocycles. The predicted octanol–water partition coefficient (Wildman–Crippen LogP) is 4.08. The third-order valence-electron chi connectivity index (χ3n) is 3.78. The van der Waals surface area contributed by atoms with Gasteiger partial charge in [-0.25, -0.2) is 4.79 Å². The fraction of sp³-hybridized carbons (Fsp3) is 0.0526. The van der Waals surface area contributed by atoms with E-state index in [1.165, 1.54) is 6.07 Å². The fourth-order valence-corrected chi connectivity index (χ4v) is 2.66. The van der Waals surface area contributed by atoms with Gasteiger partial charge in [-0.15, -0.1) is 0 Å². The Bertz CT molecular complexity index is 894. The van der Waals surface area contributed by atoms with Gasteiger partial charge in [0.25, 0.3) is 0 Å². The van der Waals surface area contributed by atoms with E-state index in [4.69, 9.17) is 0 Å². The number of carbonyl (C=O) groups excluding carboxylic acids is 1. The molecule has 0 heterocycles. The maximum absolute atomic E-state index is 12.9. The molecule has 3 aromatic carbocycles. The Morgan fingerprint density at radius 2 is 1.50 bits per heavy atom. The molecule has 3 heteroatoms. The predicted molar refractivity (Wildman–Crippen MR) is 85.5 cm³/mol. The summed E-state index contributed by atoms with van der Waals surface area (Å²) >= 11 is 0. The third-order valence-corrected chi connectivity index (χ3v) is 3.78. The second kappa shape index (κ2) is 5.45. The monoisotopic (exact) mass is 290 g/mol. The lowest BCUT2D eigenvalue weighted by atomic mass is 9.91. The minimum absolute atomic E-state index is 0.0342. The van der Waals surface area contributed by atoms with Crippen LogP contribution in [0.4, 0.5) is 0 Å². The van der Waals surface area contributed by atoms with Gasteiger partial charge in [0, 0.05) is 11.1 Å². The summed E-state index contributed by atoms with van der Waals surface area (Å²) in [6.07, 6.45) is 0. The molecule has 0 fully saturated rings. The molecule has 0 atom stereocenters. The average Bonchev–Trinajstić information content (AvgIpc) is 2.53. The van der Waals surface area contributed by atoms with Gasteiger partial charge in [-0.3, -0.25) is 4.79 Å². The number of hydrogen-bond acceptors (Lipinski definition) is 2. The number of fused-ring (bicyclic) bond motifs is 1. The molecule has 0 saturated heterocycles. The van der Waals surface area contributed by atoms with Crippen LogP contribution in [0.25, 0.3) is 10.8 Å². The molecular formula is C19H14O3. The summed E-state index contributed by atoms with van der Waals surface area (Å²) in [6.45, 7) is 1.85. The Balaban J connectivity index is 2.33. The van der Waals surface area contributed by atoms with E-state index in [1.807, 2.05) is 37.3 Å². The Hall–Kier alpha value is -2.94. The van der Waals surface area contributed by atoms with Crippen molar-refractivity contribution in [3.63, 3.8) is 0 Å². The number of hydrogen-bond donors (Lipinski definition) is 1. The van der Waals surface area contributed by atoms with Crippen LogP contribution >= 0.6 is 0 Å². The molecule has 0 spiro atoms. The van der Waals surface area contributed by atoms with Crippen LogP contribution in [0.5, 0.6) is 0 Å². The van der Waals surface area contributed by atoms with Crippen molar-refractivity contribution in [1.29, 1.82) is 0 Å². The molecule has 0 radical (unpaired) electrons. The zero-order chi connectivity index (χ0) is 15.7. The summed E-state index contributed by atoms with van der Waals surface area (Å²) in [5.74, 6) is -1.35. The Morgan fingerprint density at radius 1 is 0.818 bits per heavy atom. The highest BCUT2D eigenvalue weighted by Gasteiger charge is 2.21. The van der Waals surface area contributed by atoms with Crippen molar-refractivity contribution in [3.8, 4) is 0 Å². The van der Waals surface area contributed by atoms with Crippen molar-refractivity contribution in [2.45, 2.75) is 6.92 Å². The van der Waals surface area contributed by atoms with Crippen LogP contribution in [0, 0.1) is 6.92 Å². The second-order valence-electron chi connectivity index (χ2n) is 5.16. The number of aromatic carboxylic acids is 1. The molecule has 3 nitrogen and oxygen atoms in total. The first-order valence-corrected chi connectivity index (χ1v) is 6.95. The maximum Gasteiger partial charge on any atom is 0.336 e. The molecule has 22 heavy (non-hydrogen) atoms. The summed E-state index contributed by atoms with van der Waals surface area (Å²) in [6, 6.07) is 17.8. The highest BCUT2D eigenvalue weighted by atomic mass is 16.4. The normalized spacial score (nSPS) is 10.6. The minimum Gasteiger partial charge on any atom is -0.478 e. The topological polar surface area (TPSA) is 54.4 Å². The lowest BCUT2D eigenvalue weighted by Gasteiger charge is -2.11. The van der Waals surface area contributed by atoms with E-state index in [9.17, 15) is 14.7 Å². The van der Waals surface area contributed by atoms with Gasteiger partial charge in [0.05, 0.1) is 5.56 Å². The number of ketones is 1. The van der Waals surface area contributed by atoms with E-state index in [1.54, 1.807) is 24.3 Å². The van der Waals surface area contributed by atoms with Crippen LogP contribution in [-0.4, -0.2) is 16.9 Å². The van der Waals surface area contributed by atoms with Gasteiger partial charge in [0.1, 0.15) is 0 Å². The highest BCUT2D eigenvalue weighted by Crippen LogP contribution is 2.26. The average molecular weight is 290 g/mol. The number of benzene rings is 3. The molecule has 3 rings (SSSR count). The molecule has 0 unspecified atom stereocenters. The van der Waals surface area contributed by atoms with E-state index in [0.717, 1.165) is 10.9 Å². The zero-order valence-corrected chi connectivity index (χ0v) is 12.0. The van der Waals surface area contributed by atoms with Gasteiger partial charge in [0.15, 0.2) is 5.78 Å². The van der Waals surface area contributed by atoms with Crippen molar-refractivity contribution in [2.75, 3.05) is 0 Å². The summed E-state index contributed by atoms with van der Waals surface area (Å²) in [4.78, 5) is 24.5. The van der Waals surface area contributed by atoms with Gasteiger partial charge < -0.3 is 5.11 Å². The van der Waals surface area contributed by atoms with E-state index < -0.39 is 5.97 Å². The van der Waals surface area contributed by atoms with Gasteiger partial charge in [-0.2, -0.15) is 0 Å². The first-order chi connectivity index (χ1) is 10.6. The minimum atomic E-state index is -1.09. The Kier molecular flexibility index (Phi) is 3.47. The van der Waals surface area contributed by atoms with Crippen molar-refractivity contribution < 1.29 is 14.7 Å². The highest BCUT2D eigenvalue weighted by molar-refractivity contribution is 6.21. The van der Waals surface area contributed by atoms with Crippen LogP contribution < -0.4 is 0 Å². The number of carbonyl (C=O) groups is 2. The van der Waals surface area contributed by atoms with E-state index in [0.29, 0.717) is 10.9 Å². The smallest absolute Gasteiger partial charge is 0.336 e. The van der Waals surface area contributed by atoms with Crippen LogP contribution in [0.3, 0.4) is 0 Å². The molecule has 0 aliphatic heterocycles. The van der Waals surface area contributed by atoms with Crippen molar-refractivity contribution >= 4 is 22.5 Å². The van der Waals surface area contributed by atoms with Crippen molar-refractivity contribution in [1.82, 2.24) is 0 Å². The first-order valence-electron chi connectivity index (χ1n) is 6.95. The lowest BCUT2D eigenvalue weighted by molar-refractivity contribution is 0.0693. The second-order valence-corrected chi connectivity index (χ2v) is 5.16. The molecule has 0 aliphatic rings. The SMILES string of the molecule is Cc1ccccc1C(=O)c1c(C(=O)O)ccc2ccccc12. The summed E-state index contributed by atoms with van der Waals surface area (Å²) in [5.41, 5.74) is 1.64. The number of carboxylic acids is 1. The summed E-state index contributed by atoms with van der Waals surface area (Å²) in [5, 5.41) is 11.0. The molecule has 0 aliphatic carbocycles. The van der Waals surface area contributed by atoms with Crippen molar-refractivity contribution in [2.24, 2.45) is 0 Å². The fourth-order valence-electron chi connectivity index (χ4n) is 2.66. The number of carboxylic acid groups (broad SMARTS) is 1. The molecule has 108 valence electrons. The van der Waals surface area contributed by atoms with Gasteiger partial charge in [-0.1, -0.05) is 54.6 Å². The lowest BCUT2D eigenvalue weighted by Crippen LogP contribution is -2.11. The van der Waals surface area contributed by atoms with Gasteiger partial charge in [0.2, 0.25) is 0 Å². The summed E-state index contributed by atoms with van der Waals surface area (Å²) in [7, 11) is 0. The van der Waals surface area contributed by atoms with E-state index in [-0.39, 0.29) is 16.9 Å². The summed E-state index contributed by atoms with van der Waals surface area (Å²) < 4.78 is 0. The Morgan fingerprint density at radius 3 is 2.23 bits per heavy atom. The van der Waals surface area contributed by atoms with E-state index in [2.05, 4.69) is 0 Å². The molecule has 0 amide bonds. The van der Waals surface area contributed by atoms with Crippen LogP contribution in [0.2, 0.25) is 0 Å². The third kappa shape index (κ3) is 2.27. The molecule has 3 aromatic rings. The number of aryl methyl sites for hydroxylation is 1. The molecule has 0 bridgehead atoms. The quantitative estimate of drug-likeness (QED) is 0.739. The van der Waals surface area contributed by atoms with Gasteiger partial charge in [-0.05, 0) is 29.3 Å². The zero-order valence-electron chi connectivity index (χ0n) is 12.0. The number of rotatable bonds is 3. The molecule has 1 N–H and O–H groups in total. The maximum atomic E-state index is 12.9. The van der Waals surface area contributed by atoms with Crippen molar-refractivity contribution in [3.05, 3.63) is 82.9 Å². The van der Waals surface area contributed by atoms with Crippen LogP contribution in [0.15, 0.2) is 60.7 Å². The van der Waals surface area contributed by atoms with E-state index >= 15 is 0 Å². The first kappa shape index (κ1) is 14.0. The molecule has 0 aromatic heterocycles. The Labute approximate surface area is 127 Å². The van der Waals surface area contributed by atoms with Crippen LogP contribution in [-0.2, 0) is 0 Å².